The summed E-state index contributed by atoms with van der Waals surface area (Å²) >= 11 is 0. The van der Waals surface area contributed by atoms with Crippen LogP contribution in [-0.4, -0.2) is 21.4 Å². The monoisotopic (exact) mass is 300 g/mol. The third kappa shape index (κ3) is 4.20. The van der Waals surface area contributed by atoms with Crippen molar-refractivity contribution in [3.63, 3.8) is 0 Å². The van der Waals surface area contributed by atoms with Crippen LogP contribution in [0.3, 0.4) is 0 Å². The SMILES string of the molecule is Cc1ccnn1-c1cccc(C(C)CC(=O)OC(C)(C)C)c1. The second-order valence-electron chi connectivity index (χ2n) is 6.67. The topological polar surface area (TPSA) is 44.1 Å². The van der Waals surface area contributed by atoms with Crippen molar-refractivity contribution in [2.75, 3.05) is 0 Å². The van der Waals surface area contributed by atoms with E-state index in [-0.39, 0.29) is 11.9 Å². The Morgan fingerprint density at radius 1 is 1.32 bits per heavy atom. The molecule has 0 aliphatic heterocycles. The zero-order chi connectivity index (χ0) is 16.3. The number of hydrogen-bond donors (Lipinski definition) is 0. The molecule has 0 amide bonds. The first-order valence-corrected chi connectivity index (χ1v) is 7.59. The number of ether oxygens (including phenoxy) is 1. The summed E-state index contributed by atoms with van der Waals surface area (Å²) in [5.74, 6) is -0.0636. The molecular formula is C18H24N2O2. The van der Waals surface area contributed by atoms with Crippen LogP contribution < -0.4 is 0 Å². The quantitative estimate of drug-likeness (QED) is 0.801. The highest BCUT2D eigenvalue weighted by molar-refractivity contribution is 5.71. The van der Waals surface area contributed by atoms with Crippen LogP contribution in [0.25, 0.3) is 5.69 Å². The van der Waals surface area contributed by atoms with E-state index >= 15 is 0 Å². The zero-order valence-corrected chi connectivity index (χ0v) is 14.0. The van der Waals surface area contributed by atoms with Gasteiger partial charge < -0.3 is 4.74 Å². The minimum Gasteiger partial charge on any atom is -0.460 e. The highest BCUT2D eigenvalue weighted by atomic mass is 16.6. The van der Waals surface area contributed by atoms with Gasteiger partial charge in [-0.1, -0.05) is 19.1 Å². The van der Waals surface area contributed by atoms with Crippen LogP contribution in [0, 0.1) is 6.92 Å². The molecule has 0 bridgehead atoms. The average molecular weight is 300 g/mol. The van der Waals surface area contributed by atoms with E-state index in [1.165, 1.54) is 0 Å². The number of hydrogen-bond acceptors (Lipinski definition) is 3. The molecule has 4 heteroatoms. The smallest absolute Gasteiger partial charge is 0.306 e. The van der Waals surface area contributed by atoms with E-state index in [0.717, 1.165) is 16.9 Å². The highest BCUT2D eigenvalue weighted by Crippen LogP contribution is 2.23. The maximum atomic E-state index is 12.0. The summed E-state index contributed by atoms with van der Waals surface area (Å²) < 4.78 is 7.29. The molecule has 0 radical (unpaired) electrons. The number of carbonyl (C=O) groups is 1. The lowest BCUT2D eigenvalue weighted by Crippen LogP contribution is -2.24. The van der Waals surface area contributed by atoms with Crippen molar-refractivity contribution in [2.24, 2.45) is 0 Å². The minimum atomic E-state index is -0.440. The summed E-state index contributed by atoms with van der Waals surface area (Å²) in [5, 5.41) is 4.32. The lowest BCUT2D eigenvalue weighted by atomic mass is 9.97. The van der Waals surface area contributed by atoms with Crippen molar-refractivity contribution < 1.29 is 9.53 Å². The molecule has 1 heterocycles. The Kier molecular flexibility index (Phi) is 4.69. The molecule has 1 atom stereocenters. The van der Waals surface area contributed by atoms with E-state index in [9.17, 15) is 4.79 Å². The first-order chi connectivity index (χ1) is 10.3. The number of aryl methyl sites for hydroxylation is 1. The number of esters is 1. The standard InChI is InChI=1S/C18H24N2O2/c1-13(11-17(21)22-18(3,4)5)15-7-6-8-16(12-15)20-14(2)9-10-19-20/h6-10,12-13H,11H2,1-5H3. The van der Waals surface area contributed by atoms with Crippen LogP contribution in [0.2, 0.25) is 0 Å². The lowest BCUT2D eigenvalue weighted by molar-refractivity contribution is -0.155. The predicted molar refractivity (Wildman–Crippen MR) is 87.2 cm³/mol. The predicted octanol–water partition coefficient (Wildman–Crippen LogP) is 4.02. The van der Waals surface area contributed by atoms with Crippen LogP contribution in [0.15, 0.2) is 36.5 Å². The van der Waals surface area contributed by atoms with E-state index in [1.54, 1.807) is 6.20 Å². The van der Waals surface area contributed by atoms with E-state index in [1.807, 2.05) is 63.6 Å². The van der Waals surface area contributed by atoms with Gasteiger partial charge in [0.1, 0.15) is 5.60 Å². The molecule has 1 unspecified atom stereocenters. The molecule has 0 saturated carbocycles. The van der Waals surface area contributed by atoms with Crippen molar-refractivity contribution in [3.05, 3.63) is 47.8 Å². The summed E-state index contributed by atoms with van der Waals surface area (Å²) in [5.41, 5.74) is 2.76. The van der Waals surface area contributed by atoms with Gasteiger partial charge in [-0.3, -0.25) is 4.79 Å². The van der Waals surface area contributed by atoms with E-state index in [4.69, 9.17) is 4.74 Å². The summed E-state index contributed by atoms with van der Waals surface area (Å²) in [4.78, 5) is 12.0. The van der Waals surface area contributed by atoms with Crippen molar-refractivity contribution >= 4 is 5.97 Å². The Balaban J connectivity index is 2.13. The van der Waals surface area contributed by atoms with Crippen molar-refractivity contribution in [2.45, 2.75) is 52.6 Å². The van der Waals surface area contributed by atoms with Gasteiger partial charge in [-0.25, -0.2) is 4.68 Å². The molecule has 4 nitrogen and oxygen atoms in total. The molecule has 0 saturated heterocycles. The molecule has 118 valence electrons. The van der Waals surface area contributed by atoms with Gasteiger partial charge >= 0.3 is 5.97 Å². The van der Waals surface area contributed by atoms with Gasteiger partial charge in [0.15, 0.2) is 0 Å². The second kappa shape index (κ2) is 6.34. The summed E-state index contributed by atoms with van der Waals surface area (Å²) in [7, 11) is 0. The first-order valence-electron chi connectivity index (χ1n) is 7.59. The molecule has 1 aromatic heterocycles. The minimum absolute atomic E-state index is 0.102. The summed E-state index contributed by atoms with van der Waals surface area (Å²) in [6.45, 7) is 9.72. The number of benzene rings is 1. The largest absolute Gasteiger partial charge is 0.460 e. The maximum absolute atomic E-state index is 12.0. The second-order valence-corrected chi connectivity index (χ2v) is 6.67. The molecule has 0 spiro atoms. The molecule has 0 aliphatic rings. The Morgan fingerprint density at radius 3 is 2.64 bits per heavy atom. The molecule has 2 aromatic rings. The van der Waals surface area contributed by atoms with Crippen LogP contribution in [0.1, 0.15) is 51.3 Å². The van der Waals surface area contributed by atoms with Crippen LogP contribution in [-0.2, 0) is 9.53 Å². The van der Waals surface area contributed by atoms with E-state index < -0.39 is 5.60 Å². The summed E-state index contributed by atoms with van der Waals surface area (Å²) in [6.07, 6.45) is 2.16. The average Bonchev–Trinajstić information content (AvgIpc) is 2.83. The lowest BCUT2D eigenvalue weighted by Gasteiger charge is -2.21. The molecule has 0 N–H and O–H groups in total. The fourth-order valence-electron chi connectivity index (χ4n) is 2.35. The van der Waals surface area contributed by atoms with Gasteiger partial charge in [0.2, 0.25) is 0 Å². The Labute approximate surface area is 132 Å². The van der Waals surface area contributed by atoms with Crippen LogP contribution in [0.5, 0.6) is 0 Å². The number of carbonyl (C=O) groups excluding carboxylic acids is 1. The first kappa shape index (κ1) is 16.3. The highest BCUT2D eigenvalue weighted by Gasteiger charge is 2.19. The van der Waals surface area contributed by atoms with Gasteiger partial charge in [-0.05, 0) is 57.4 Å². The zero-order valence-electron chi connectivity index (χ0n) is 14.0. The number of nitrogens with zero attached hydrogens (tertiary/aromatic N) is 2. The van der Waals surface area contributed by atoms with Gasteiger partial charge in [-0.15, -0.1) is 0 Å². The maximum Gasteiger partial charge on any atom is 0.306 e. The molecule has 22 heavy (non-hydrogen) atoms. The molecule has 2 rings (SSSR count). The van der Waals surface area contributed by atoms with E-state index in [0.29, 0.717) is 6.42 Å². The van der Waals surface area contributed by atoms with Gasteiger partial charge in [-0.2, -0.15) is 5.10 Å². The van der Waals surface area contributed by atoms with Gasteiger partial charge in [0.25, 0.3) is 0 Å². The molecular weight excluding hydrogens is 276 g/mol. The molecule has 0 fully saturated rings. The Bertz CT molecular complexity index is 653. The Morgan fingerprint density at radius 2 is 2.05 bits per heavy atom. The third-order valence-electron chi connectivity index (χ3n) is 3.41. The van der Waals surface area contributed by atoms with Crippen molar-refractivity contribution in [3.8, 4) is 5.69 Å². The number of aromatic nitrogens is 2. The fraction of sp³-hybridized carbons (Fsp3) is 0.444. The van der Waals surface area contributed by atoms with Crippen molar-refractivity contribution in [1.29, 1.82) is 0 Å². The fourth-order valence-corrected chi connectivity index (χ4v) is 2.35. The molecule has 1 aromatic carbocycles. The normalized spacial score (nSPS) is 13.0. The van der Waals surface area contributed by atoms with Gasteiger partial charge in [0, 0.05) is 11.9 Å². The number of rotatable bonds is 4. The Hall–Kier alpha value is -2.10. The van der Waals surface area contributed by atoms with Crippen LogP contribution >= 0.6 is 0 Å². The third-order valence-corrected chi connectivity index (χ3v) is 3.41. The molecule has 0 aliphatic carbocycles. The summed E-state index contributed by atoms with van der Waals surface area (Å²) in [6, 6.07) is 10.1. The van der Waals surface area contributed by atoms with Crippen molar-refractivity contribution in [1.82, 2.24) is 9.78 Å². The van der Waals surface area contributed by atoms with Gasteiger partial charge in [0.05, 0.1) is 12.1 Å². The van der Waals surface area contributed by atoms with Crippen LogP contribution in [0.4, 0.5) is 0 Å². The van der Waals surface area contributed by atoms with E-state index in [2.05, 4.69) is 11.2 Å².